The lowest BCUT2D eigenvalue weighted by molar-refractivity contribution is -0.186. The van der Waals surface area contributed by atoms with Crippen LogP contribution in [0.25, 0.3) is 0 Å². The lowest BCUT2D eigenvalue weighted by atomic mass is 10.1. The molecule has 0 saturated carbocycles. The summed E-state index contributed by atoms with van der Waals surface area (Å²) in [6, 6.07) is 6.20. The first-order chi connectivity index (χ1) is 8.02. The van der Waals surface area contributed by atoms with Gasteiger partial charge in [-0.25, -0.2) is 0 Å². The first-order valence-electron chi connectivity index (χ1n) is 4.92. The van der Waals surface area contributed by atoms with Crippen LogP contribution in [-0.2, 0) is 19.1 Å². The van der Waals surface area contributed by atoms with Gasteiger partial charge in [-0.05, 0) is 0 Å². The summed E-state index contributed by atoms with van der Waals surface area (Å²) in [5, 5.41) is 0. The smallest absolute Gasteiger partial charge is 0.305 e. The van der Waals surface area contributed by atoms with Gasteiger partial charge >= 0.3 is 11.9 Å². The number of aldehydes is 1. The third-order valence-corrected chi connectivity index (χ3v) is 1.89. The molecule has 0 aromatic heterocycles. The van der Waals surface area contributed by atoms with Gasteiger partial charge in [-0.2, -0.15) is 0 Å². The molecule has 1 rings (SSSR count). The van der Waals surface area contributed by atoms with E-state index in [4.69, 9.17) is 9.47 Å². The van der Waals surface area contributed by atoms with Gasteiger partial charge in [0, 0.05) is 25.0 Å². The fraction of sp³-hybridized carbons (Fsp3) is 0.250. The SMILES string of the molecule is CC(=O)OC(OC(C)=O)c1ccc(C=O)cc1. The van der Waals surface area contributed by atoms with Gasteiger partial charge in [0.05, 0.1) is 0 Å². The zero-order chi connectivity index (χ0) is 12.8. The van der Waals surface area contributed by atoms with Gasteiger partial charge in [-0.1, -0.05) is 24.3 Å². The Kier molecular flexibility index (Phi) is 4.39. The molecule has 0 aliphatic rings. The first-order valence-corrected chi connectivity index (χ1v) is 4.92. The van der Waals surface area contributed by atoms with Crippen molar-refractivity contribution in [2.24, 2.45) is 0 Å². The molecule has 0 radical (unpaired) electrons. The molecule has 0 atom stereocenters. The van der Waals surface area contributed by atoms with E-state index in [0.717, 1.165) is 0 Å². The van der Waals surface area contributed by atoms with Crippen molar-refractivity contribution in [3.63, 3.8) is 0 Å². The molecule has 0 N–H and O–H groups in total. The van der Waals surface area contributed by atoms with Gasteiger partial charge in [0.1, 0.15) is 6.29 Å². The normalized spacial score (nSPS) is 9.82. The topological polar surface area (TPSA) is 69.7 Å². The van der Waals surface area contributed by atoms with Crippen molar-refractivity contribution in [3.8, 4) is 0 Å². The minimum atomic E-state index is -1.08. The molecule has 0 aliphatic carbocycles. The Hall–Kier alpha value is -2.17. The molecule has 0 saturated heterocycles. The minimum Gasteiger partial charge on any atom is -0.421 e. The molecule has 0 bridgehead atoms. The molecule has 1 aromatic rings. The molecule has 0 fully saturated rings. The van der Waals surface area contributed by atoms with Crippen LogP contribution < -0.4 is 0 Å². The Morgan fingerprint density at radius 2 is 1.53 bits per heavy atom. The van der Waals surface area contributed by atoms with Gasteiger partial charge in [0.2, 0.25) is 0 Å². The molecule has 0 amide bonds. The molecule has 5 nitrogen and oxygen atoms in total. The van der Waals surface area contributed by atoms with Crippen LogP contribution in [-0.4, -0.2) is 18.2 Å². The maximum absolute atomic E-state index is 10.9. The average Bonchev–Trinajstić information content (AvgIpc) is 2.27. The highest BCUT2D eigenvalue weighted by Crippen LogP contribution is 2.19. The fourth-order valence-corrected chi connectivity index (χ4v) is 1.19. The number of rotatable bonds is 4. The van der Waals surface area contributed by atoms with Crippen LogP contribution >= 0.6 is 0 Å². The van der Waals surface area contributed by atoms with Gasteiger partial charge in [0.25, 0.3) is 6.29 Å². The molecule has 0 unspecified atom stereocenters. The average molecular weight is 236 g/mol. The number of esters is 2. The summed E-state index contributed by atoms with van der Waals surface area (Å²) >= 11 is 0. The van der Waals surface area contributed by atoms with E-state index < -0.39 is 18.2 Å². The van der Waals surface area contributed by atoms with Crippen LogP contribution in [0, 0.1) is 0 Å². The van der Waals surface area contributed by atoms with Crippen molar-refractivity contribution in [1.29, 1.82) is 0 Å². The standard InChI is InChI=1S/C12H12O5/c1-8(14)16-12(17-9(2)15)11-5-3-10(7-13)4-6-11/h3-7,12H,1-2H3. The number of carbonyl (C=O) groups excluding carboxylic acids is 3. The molecular weight excluding hydrogens is 224 g/mol. The van der Waals surface area contributed by atoms with Crippen molar-refractivity contribution in [1.82, 2.24) is 0 Å². The van der Waals surface area contributed by atoms with E-state index in [1.54, 1.807) is 24.3 Å². The second-order valence-electron chi connectivity index (χ2n) is 3.34. The number of benzene rings is 1. The van der Waals surface area contributed by atoms with Gasteiger partial charge < -0.3 is 9.47 Å². The summed E-state index contributed by atoms with van der Waals surface area (Å²) in [6.45, 7) is 2.44. The third kappa shape index (κ3) is 4.06. The van der Waals surface area contributed by atoms with E-state index in [9.17, 15) is 14.4 Å². The second kappa shape index (κ2) is 5.79. The van der Waals surface area contributed by atoms with Crippen LogP contribution in [0.4, 0.5) is 0 Å². The summed E-state index contributed by atoms with van der Waals surface area (Å²) in [5.41, 5.74) is 0.971. The molecule has 90 valence electrons. The lowest BCUT2D eigenvalue weighted by Crippen LogP contribution is -2.14. The zero-order valence-electron chi connectivity index (χ0n) is 9.51. The highest BCUT2D eigenvalue weighted by Gasteiger charge is 2.17. The monoisotopic (exact) mass is 236 g/mol. The Bertz CT molecular complexity index is 405. The highest BCUT2D eigenvalue weighted by atomic mass is 16.7. The summed E-state index contributed by atoms with van der Waals surface area (Å²) in [6.07, 6.45) is -0.387. The van der Waals surface area contributed by atoms with Crippen molar-refractivity contribution < 1.29 is 23.9 Å². The van der Waals surface area contributed by atoms with Crippen LogP contribution in [0.2, 0.25) is 0 Å². The van der Waals surface area contributed by atoms with E-state index in [1.807, 2.05) is 0 Å². The summed E-state index contributed by atoms with van der Waals surface area (Å²) < 4.78 is 9.70. The third-order valence-electron chi connectivity index (χ3n) is 1.89. The van der Waals surface area contributed by atoms with Crippen LogP contribution in [0.1, 0.15) is 36.1 Å². The van der Waals surface area contributed by atoms with Crippen LogP contribution in [0.15, 0.2) is 24.3 Å². The highest BCUT2D eigenvalue weighted by molar-refractivity contribution is 5.74. The summed E-state index contributed by atoms with van der Waals surface area (Å²) in [7, 11) is 0. The molecule has 1 aromatic carbocycles. The molecule has 0 heterocycles. The number of hydrogen-bond acceptors (Lipinski definition) is 5. The van der Waals surface area contributed by atoms with Crippen molar-refractivity contribution in [2.75, 3.05) is 0 Å². The van der Waals surface area contributed by atoms with E-state index in [-0.39, 0.29) is 0 Å². The van der Waals surface area contributed by atoms with Crippen LogP contribution in [0.3, 0.4) is 0 Å². The first kappa shape index (κ1) is 12.9. The Labute approximate surface area is 98.3 Å². The van der Waals surface area contributed by atoms with E-state index in [2.05, 4.69) is 0 Å². The lowest BCUT2D eigenvalue weighted by Gasteiger charge is -2.16. The maximum atomic E-state index is 10.9. The predicted octanol–water partition coefficient (Wildman–Crippen LogP) is 1.62. The van der Waals surface area contributed by atoms with E-state index >= 15 is 0 Å². The number of ether oxygens (including phenoxy) is 2. The van der Waals surface area contributed by atoms with Gasteiger partial charge in [0.15, 0.2) is 0 Å². The molecule has 0 spiro atoms. The van der Waals surface area contributed by atoms with Crippen LogP contribution in [0.5, 0.6) is 0 Å². The van der Waals surface area contributed by atoms with Crippen molar-refractivity contribution in [3.05, 3.63) is 35.4 Å². The second-order valence-corrected chi connectivity index (χ2v) is 3.34. The van der Waals surface area contributed by atoms with Crippen molar-refractivity contribution >= 4 is 18.2 Å². The quantitative estimate of drug-likeness (QED) is 0.451. The Balaban J connectivity index is 2.90. The molecule has 17 heavy (non-hydrogen) atoms. The van der Waals surface area contributed by atoms with E-state index in [1.165, 1.54) is 13.8 Å². The van der Waals surface area contributed by atoms with Gasteiger partial charge in [-0.15, -0.1) is 0 Å². The molecular formula is C12H12O5. The fourth-order valence-electron chi connectivity index (χ4n) is 1.19. The van der Waals surface area contributed by atoms with Crippen molar-refractivity contribution in [2.45, 2.75) is 20.1 Å². The predicted molar refractivity (Wildman–Crippen MR) is 58.1 cm³/mol. The summed E-state index contributed by atoms with van der Waals surface area (Å²) in [5.74, 6) is -1.12. The Morgan fingerprint density at radius 1 is 1.06 bits per heavy atom. The maximum Gasteiger partial charge on any atom is 0.305 e. The van der Waals surface area contributed by atoms with Gasteiger partial charge in [-0.3, -0.25) is 14.4 Å². The Morgan fingerprint density at radius 3 is 1.88 bits per heavy atom. The summed E-state index contributed by atoms with van der Waals surface area (Å²) in [4.78, 5) is 32.2. The molecule has 0 aliphatic heterocycles. The number of carbonyl (C=O) groups is 3. The minimum absolute atomic E-state index is 0.484. The largest absolute Gasteiger partial charge is 0.421 e. The van der Waals surface area contributed by atoms with E-state index in [0.29, 0.717) is 17.4 Å². The zero-order valence-corrected chi connectivity index (χ0v) is 9.51. The number of hydrogen-bond donors (Lipinski definition) is 0. The molecule has 5 heteroatoms.